The first-order valence-electron chi connectivity index (χ1n) is 12.1. The van der Waals surface area contributed by atoms with E-state index in [1.807, 2.05) is 76.2 Å². The lowest BCUT2D eigenvalue weighted by atomic mass is 9.95. The van der Waals surface area contributed by atoms with Crippen molar-refractivity contribution in [1.82, 2.24) is 0 Å². The Kier molecular flexibility index (Phi) is 16.1. The summed E-state index contributed by atoms with van der Waals surface area (Å²) in [5.74, 6) is -1.09. The Morgan fingerprint density at radius 1 is 0.941 bits per heavy atom. The first-order chi connectivity index (χ1) is 16.3. The van der Waals surface area contributed by atoms with Gasteiger partial charge in [-0.1, -0.05) is 94.5 Å². The fourth-order valence-corrected chi connectivity index (χ4v) is 3.17. The number of benzene rings is 2. The van der Waals surface area contributed by atoms with Crippen molar-refractivity contribution in [2.75, 3.05) is 11.9 Å². The number of rotatable bonds is 10. The summed E-state index contributed by atoms with van der Waals surface area (Å²) >= 11 is 0. The zero-order valence-electron chi connectivity index (χ0n) is 21.8. The molecule has 5 heteroatoms. The number of aliphatic carboxylic acids is 1. The predicted molar refractivity (Wildman–Crippen MR) is 144 cm³/mol. The van der Waals surface area contributed by atoms with Gasteiger partial charge in [0.1, 0.15) is 0 Å². The van der Waals surface area contributed by atoms with Crippen LogP contribution >= 0.6 is 0 Å². The van der Waals surface area contributed by atoms with E-state index in [-0.39, 0.29) is 12.8 Å². The Morgan fingerprint density at radius 3 is 2.06 bits per heavy atom. The zero-order chi connectivity index (χ0) is 26.1. The summed E-state index contributed by atoms with van der Waals surface area (Å²) in [6, 6.07) is 18.5. The number of carbonyl (C=O) groups is 1. The zero-order valence-corrected chi connectivity index (χ0v) is 21.8. The van der Waals surface area contributed by atoms with Crippen molar-refractivity contribution in [3.63, 3.8) is 0 Å². The van der Waals surface area contributed by atoms with Gasteiger partial charge in [0, 0.05) is 30.8 Å². The van der Waals surface area contributed by atoms with Crippen LogP contribution in [0.25, 0.3) is 5.57 Å². The van der Waals surface area contributed by atoms with Gasteiger partial charge in [0.15, 0.2) is 0 Å². The van der Waals surface area contributed by atoms with E-state index in [1.165, 1.54) is 0 Å². The van der Waals surface area contributed by atoms with E-state index in [0.717, 1.165) is 22.4 Å². The molecule has 0 aliphatic heterocycles. The minimum atomic E-state index is -1.09. The van der Waals surface area contributed by atoms with Gasteiger partial charge in [-0.2, -0.15) is 0 Å². The molecule has 0 amide bonds. The first-order valence-corrected chi connectivity index (χ1v) is 12.1. The maximum absolute atomic E-state index is 10.7. The highest BCUT2D eigenvalue weighted by Crippen LogP contribution is 2.32. The van der Waals surface area contributed by atoms with Crippen LogP contribution < -0.4 is 4.90 Å². The van der Waals surface area contributed by atoms with E-state index < -0.39 is 18.2 Å². The van der Waals surface area contributed by atoms with Gasteiger partial charge in [0.25, 0.3) is 0 Å². The minimum absolute atomic E-state index is 0.0238. The van der Waals surface area contributed by atoms with Gasteiger partial charge < -0.3 is 20.2 Å². The molecule has 0 saturated heterocycles. The molecule has 0 heterocycles. The molecule has 0 unspecified atom stereocenters. The molecule has 2 atom stereocenters. The number of para-hydroxylation sites is 1. The van der Waals surface area contributed by atoms with E-state index in [2.05, 4.69) is 37.9 Å². The van der Waals surface area contributed by atoms with E-state index in [4.69, 9.17) is 5.11 Å². The highest BCUT2D eigenvalue weighted by Gasteiger charge is 2.15. The van der Waals surface area contributed by atoms with Crippen LogP contribution in [0.3, 0.4) is 0 Å². The predicted octanol–water partition coefficient (Wildman–Crippen LogP) is 6.16. The summed E-state index contributed by atoms with van der Waals surface area (Å²) in [6.07, 6.45) is 2.85. The number of hydrogen-bond donors (Lipinski definition) is 3. The summed E-state index contributed by atoms with van der Waals surface area (Å²) in [5.41, 5.74) is 4.23. The lowest BCUT2D eigenvalue weighted by Crippen LogP contribution is -2.26. The molecule has 0 fully saturated rings. The molecule has 0 bridgehead atoms. The van der Waals surface area contributed by atoms with Gasteiger partial charge >= 0.3 is 5.97 Å². The number of hydrogen-bond acceptors (Lipinski definition) is 4. The number of aliphatic hydroxyl groups excluding tert-OH is 2. The maximum Gasteiger partial charge on any atom is 0.305 e. The SMILES string of the molecule is CC.CC.CC(C)N(C)c1ccccc1/C(=C/C=C/[C@@H](O)C[C@@H](O)CC(=O)O)c1ccccc1. The van der Waals surface area contributed by atoms with E-state index >= 15 is 0 Å². The van der Waals surface area contributed by atoms with Crippen LogP contribution in [0.15, 0.2) is 72.8 Å². The Labute approximate surface area is 206 Å². The standard InChI is InChI=1S/C25H31NO4.2C2H6/c1-18(2)26(3)24-15-8-7-13-23(24)22(19-10-5-4-6-11-19)14-9-12-20(27)16-21(28)17-25(29)30;2*1-2/h4-15,18,20-21,27-28H,16-17H2,1-3H3,(H,29,30);2*1-2H3/b12-9+,22-14+;;/t20-,21-;;/m1../s1. The number of allylic oxidation sites excluding steroid dienone is 2. The van der Waals surface area contributed by atoms with Crippen molar-refractivity contribution in [3.8, 4) is 0 Å². The third kappa shape index (κ3) is 10.8. The fraction of sp³-hybridized carbons (Fsp3) is 0.414. The maximum atomic E-state index is 10.7. The number of carboxylic acid groups (broad SMARTS) is 1. The minimum Gasteiger partial charge on any atom is -0.481 e. The average Bonchev–Trinajstić information content (AvgIpc) is 2.84. The molecule has 2 aromatic rings. The Bertz CT molecular complexity index is 875. The molecule has 2 rings (SSSR count). The lowest BCUT2D eigenvalue weighted by molar-refractivity contribution is -0.139. The van der Waals surface area contributed by atoms with Crippen LogP contribution in [0, 0.1) is 0 Å². The molecule has 0 saturated carbocycles. The topological polar surface area (TPSA) is 81.0 Å². The Morgan fingerprint density at radius 2 is 1.50 bits per heavy atom. The van der Waals surface area contributed by atoms with Gasteiger partial charge in [-0.25, -0.2) is 0 Å². The molecular formula is C29H43NO4. The molecular weight excluding hydrogens is 426 g/mol. The fourth-order valence-electron chi connectivity index (χ4n) is 3.17. The van der Waals surface area contributed by atoms with Crippen LogP contribution in [-0.2, 0) is 4.79 Å². The van der Waals surface area contributed by atoms with Gasteiger partial charge in [-0.05, 0) is 31.1 Å². The normalized spacial score (nSPS) is 12.8. The third-order valence-corrected chi connectivity index (χ3v) is 4.95. The van der Waals surface area contributed by atoms with Crippen molar-refractivity contribution in [3.05, 3.63) is 84.0 Å². The second-order valence-corrected chi connectivity index (χ2v) is 7.61. The van der Waals surface area contributed by atoms with Gasteiger partial charge in [-0.3, -0.25) is 4.79 Å². The van der Waals surface area contributed by atoms with Crippen LogP contribution in [0.4, 0.5) is 5.69 Å². The number of aliphatic hydroxyl groups is 2. The van der Waals surface area contributed by atoms with Gasteiger partial charge in [-0.15, -0.1) is 0 Å². The molecule has 2 aromatic carbocycles. The summed E-state index contributed by atoms with van der Waals surface area (Å²) in [4.78, 5) is 12.9. The summed E-state index contributed by atoms with van der Waals surface area (Å²) in [5, 5.41) is 28.6. The van der Waals surface area contributed by atoms with Crippen LogP contribution in [0.2, 0.25) is 0 Å². The van der Waals surface area contributed by atoms with Crippen molar-refractivity contribution < 1.29 is 20.1 Å². The van der Waals surface area contributed by atoms with Crippen LogP contribution in [0.5, 0.6) is 0 Å². The number of anilines is 1. The third-order valence-electron chi connectivity index (χ3n) is 4.95. The lowest BCUT2D eigenvalue weighted by Gasteiger charge is -2.27. The van der Waals surface area contributed by atoms with E-state index in [0.29, 0.717) is 6.04 Å². The molecule has 0 radical (unpaired) electrons. The summed E-state index contributed by atoms with van der Waals surface area (Å²) in [7, 11) is 2.07. The molecule has 5 nitrogen and oxygen atoms in total. The second kappa shape index (κ2) is 17.6. The molecule has 188 valence electrons. The Hall–Kier alpha value is -2.89. The van der Waals surface area contributed by atoms with Crippen molar-refractivity contribution in [2.45, 2.75) is 72.6 Å². The van der Waals surface area contributed by atoms with Gasteiger partial charge in [0.2, 0.25) is 0 Å². The molecule has 3 N–H and O–H groups in total. The largest absolute Gasteiger partial charge is 0.481 e. The number of carboxylic acids is 1. The smallest absolute Gasteiger partial charge is 0.305 e. The highest BCUT2D eigenvalue weighted by atomic mass is 16.4. The van der Waals surface area contributed by atoms with E-state index in [1.54, 1.807) is 12.2 Å². The quantitative estimate of drug-likeness (QED) is 0.363. The van der Waals surface area contributed by atoms with Crippen molar-refractivity contribution in [2.24, 2.45) is 0 Å². The van der Waals surface area contributed by atoms with Crippen molar-refractivity contribution in [1.29, 1.82) is 0 Å². The average molecular weight is 470 g/mol. The highest BCUT2D eigenvalue weighted by molar-refractivity contribution is 5.87. The van der Waals surface area contributed by atoms with Crippen molar-refractivity contribution >= 4 is 17.2 Å². The molecule has 0 aliphatic carbocycles. The molecule has 0 aromatic heterocycles. The molecule has 34 heavy (non-hydrogen) atoms. The monoisotopic (exact) mass is 469 g/mol. The van der Waals surface area contributed by atoms with Crippen LogP contribution in [0.1, 0.15) is 65.5 Å². The first kappa shape index (κ1) is 31.1. The molecule has 0 aliphatic rings. The number of nitrogens with zero attached hydrogens (tertiary/aromatic N) is 1. The summed E-state index contributed by atoms with van der Waals surface area (Å²) < 4.78 is 0. The Balaban J connectivity index is 0.00000258. The second-order valence-electron chi connectivity index (χ2n) is 7.61. The van der Waals surface area contributed by atoms with Gasteiger partial charge in [0.05, 0.1) is 18.6 Å². The molecule has 0 spiro atoms. The van der Waals surface area contributed by atoms with Crippen LogP contribution in [-0.4, -0.2) is 46.6 Å². The van der Waals surface area contributed by atoms with E-state index in [9.17, 15) is 15.0 Å². The summed E-state index contributed by atoms with van der Waals surface area (Å²) in [6.45, 7) is 12.3.